The smallest absolute Gasteiger partial charge is 0.365 e. The molecule has 0 radical (unpaired) electrons. The van der Waals surface area contributed by atoms with Gasteiger partial charge in [0.1, 0.15) is 17.4 Å². The van der Waals surface area contributed by atoms with Gasteiger partial charge in [-0.3, -0.25) is 0 Å². The van der Waals surface area contributed by atoms with Crippen molar-refractivity contribution in [2.45, 2.75) is 64.7 Å². The van der Waals surface area contributed by atoms with Crippen LogP contribution >= 0.6 is 0 Å². The lowest BCUT2D eigenvalue weighted by atomic mass is 9.78. The summed E-state index contributed by atoms with van der Waals surface area (Å²) in [5.41, 5.74) is 2.91. The zero-order chi connectivity index (χ0) is 26.9. The van der Waals surface area contributed by atoms with E-state index in [0.29, 0.717) is 34.3 Å². The number of halogens is 3. The SMILES string of the molecule is CCC[C@@H](Nc1nc(C#N)nc2nc(-c3cccc(C)c3)n(Cc3ccc(C(F)(F)F)cc3)c12)C1CCC1. The third-order valence-corrected chi connectivity index (χ3v) is 7.24. The first-order chi connectivity index (χ1) is 18.3. The summed E-state index contributed by atoms with van der Waals surface area (Å²) in [6, 6.07) is 15.3. The van der Waals surface area contributed by atoms with Crippen LogP contribution in [-0.4, -0.2) is 25.6 Å². The lowest BCUT2D eigenvalue weighted by molar-refractivity contribution is -0.137. The molecule has 38 heavy (non-hydrogen) atoms. The van der Waals surface area contributed by atoms with Gasteiger partial charge in [-0.25, -0.2) is 4.98 Å². The first-order valence-electron chi connectivity index (χ1n) is 12.9. The fraction of sp³-hybridized carbons (Fsp3) is 0.379. The fourth-order valence-corrected chi connectivity index (χ4v) is 5.08. The summed E-state index contributed by atoms with van der Waals surface area (Å²) in [6.07, 6.45) is 1.08. The van der Waals surface area contributed by atoms with Crippen LogP contribution in [0.1, 0.15) is 61.5 Å². The Hall–Kier alpha value is -3.93. The second-order valence-corrected chi connectivity index (χ2v) is 10.00. The van der Waals surface area contributed by atoms with Crippen molar-refractivity contribution in [2.24, 2.45) is 5.92 Å². The largest absolute Gasteiger partial charge is 0.416 e. The zero-order valence-electron chi connectivity index (χ0n) is 21.4. The fourth-order valence-electron chi connectivity index (χ4n) is 5.08. The van der Waals surface area contributed by atoms with Gasteiger partial charge in [0.25, 0.3) is 0 Å². The average Bonchev–Trinajstić information content (AvgIpc) is 3.21. The highest BCUT2D eigenvalue weighted by atomic mass is 19.4. The van der Waals surface area contributed by atoms with Gasteiger partial charge in [0.05, 0.1) is 5.56 Å². The van der Waals surface area contributed by atoms with Crippen LogP contribution in [0.2, 0.25) is 0 Å². The van der Waals surface area contributed by atoms with E-state index in [4.69, 9.17) is 4.98 Å². The lowest BCUT2D eigenvalue weighted by Gasteiger charge is -2.34. The van der Waals surface area contributed by atoms with E-state index in [1.54, 1.807) is 0 Å². The Morgan fingerprint density at radius 1 is 1.11 bits per heavy atom. The number of alkyl halides is 3. The predicted molar refractivity (Wildman–Crippen MR) is 140 cm³/mol. The monoisotopic (exact) mass is 518 g/mol. The van der Waals surface area contributed by atoms with Crippen molar-refractivity contribution < 1.29 is 13.2 Å². The minimum Gasteiger partial charge on any atom is -0.365 e. The van der Waals surface area contributed by atoms with Crippen molar-refractivity contribution in [2.75, 3.05) is 5.32 Å². The number of nitrogens with zero attached hydrogens (tertiary/aromatic N) is 5. The maximum atomic E-state index is 13.2. The van der Waals surface area contributed by atoms with Gasteiger partial charge in [0.2, 0.25) is 5.82 Å². The Morgan fingerprint density at radius 2 is 1.87 bits per heavy atom. The van der Waals surface area contributed by atoms with Gasteiger partial charge < -0.3 is 9.88 Å². The van der Waals surface area contributed by atoms with Crippen LogP contribution in [-0.2, 0) is 12.7 Å². The van der Waals surface area contributed by atoms with Crippen LogP contribution in [0.15, 0.2) is 48.5 Å². The lowest BCUT2D eigenvalue weighted by Crippen LogP contribution is -2.34. The van der Waals surface area contributed by atoms with E-state index in [1.807, 2.05) is 35.8 Å². The molecule has 0 amide bonds. The van der Waals surface area contributed by atoms with Crippen molar-refractivity contribution in [3.63, 3.8) is 0 Å². The molecule has 1 atom stereocenters. The zero-order valence-corrected chi connectivity index (χ0v) is 21.4. The molecule has 1 N–H and O–H groups in total. The van der Waals surface area contributed by atoms with E-state index in [1.165, 1.54) is 18.6 Å². The molecule has 1 saturated carbocycles. The highest BCUT2D eigenvalue weighted by Crippen LogP contribution is 2.36. The second-order valence-electron chi connectivity index (χ2n) is 10.00. The predicted octanol–water partition coefficient (Wildman–Crippen LogP) is 7.12. The molecule has 0 saturated heterocycles. The number of aromatic nitrogens is 4. The van der Waals surface area contributed by atoms with Crippen molar-refractivity contribution in [3.05, 3.63) is 71.0 Å². The molecular weight excluding hydrogens is 489 g/mol. The Balaban J connectivity index is 1.66. The standard InChI is InChI=1S/C29H29F3N6/c1-3-6-23(20-8-5-9-20)34-26-25-27(36-24(16-33)35-26)37-28(21-10-4-7-18(2)15-21)38(25)17-19-11-13-22(14-12-19)29(30,31)32/h4,7,10-15,20,23H,3,5-6,8-9,17H2,1-2H3,(H,34,35,36)/t23-/m1/s1. The highest BCUT2D eigenvalue weighted by molar-refractivity contribution is 5.87. The molecule has 196 valence electrons. The molecule has 2 heterocycles. The van der Waals surface area contributed by atoms with Crippen molar-refractivity contribution in [3.8, 4) is 17.5 Å². The van der Waals surface area contributed by atoms with Crippen LogP contribution in [0, 0.1) is 24.2 Å². The topological polar surface area (TPSA) is 79.4 Å². The molecule has 6 nitrogen and oxygen atoms in total. The number of anilines is 1. The summed E-state index contributed by atoms with van der Waals surface area (Å²) >= 11 is 0. The van der Waals surface area contributed by atoms with E-state index >= 15 is 0 Å². The number of hydrogen-bond acceptors (Lipinski definition) is 5. The van der Waals surface area contributed by atoms with E-state index in [-0.39, 0.29) is 18.4 Å². The van der Waals surface area contributed by atoms with E-state index in [2.05, 4.69) is 28.3 Å². The second kappa shape index (κ2) is 10.4. The van der Waals surface area contributed by atoms with Gasteiger partial charge >= 0.3 is 6.18 Å². The summed E-state index contributed by atoms with van der Waals surface area (Å²) < 4.78 is 41.5. The molecule has 0 unspecified atom stereocenters. The molecule has 2 aromatic heterocycles. The van der Waals surface area contributed by atoms with Crippen LogP contribution in [0.5, 0.6) is 0 Å². The van der Waals surface area contributed by atoms with Crippen LogP contribution in [0.4, 0.5) is 19.0 Å². The van der Waals surface area contributed by atoms with Gasteiger partial charge in [-0.2, -0.15) is 28.4 Å². The number of rotatable bonds is 8. The molecule has 0 aliphatic heterocycles. The molecule has 5 rings (SSSR count). The molecule has 4 aromatic rings. The highest BCUT2D eigenvalue weighted by Gasteiger charge is 2.31. The van der Waals surface area contributed by atoms with Crippen LogP contribution < -0.4 is 5.32 Å². The Morgan fingerprint density at radius 3 is 2.47 bits per heavy atom. The van der Waals surface area contributed by atoms with Gasteiger partial charge in [0.15, 0.2) is 11.5 Å². The molecule has 0 bridgehead atoms. The molecule has 1 fully saturated rings. The molecule has 1 aliphatic carbocycles. The third-order valence-electron chi connectivity index (χ3n) is 7.24. The number of nitrogens with one attached hydrogen (secondary N) is 1. The maximum absolute atomic E-state index is 13.2. The minimum atomic E-state index is -4.40. The van der Waals surface area contributed by atoms with Crippen molar-refractivity contribution in [1.82, 2.24) is 19.5 Å². The summed E-state index contributed by atoms with van der Waals surface area (Å²) in [7, 11) is 0. The molecule has 9 heteroatoms. The summed E-state index contributed by atoms with van der Waals surface area (Å²) in [6.45, 7) is 4.40. The minimum absolute atomic E-state index is 0.0267. The maximum Gasteiger partial charge on any atom is 0.416 e. The number of nitriles is 1. The van der Waals surface area contributed by atoms with Gasteiger partial charge in [-0.1, -0.05) is 55.7 Å². The normalized spacial score (nSPS) is 14.7. The molecular formula is C29H29F3N6. The van der Waals surface area contributed by atoms with Crippen molar-refractivity contribution in [1.29, 1.82) is 5.26 Å². The molecule has 0 spiro atoms. The number of aryl methyl sites for hydroxylation is 1. The number of imidazole rings is 1. The van der Waals surface area contributed by atoms with Crippen molar-refractivity contribution >= 4 is 17.0 Å². The number of benzene rings is 2. The van der Waals surface area contributed by atoms with Crippen LogP contribution in [0.3, 0.4) is 0 Å². The van der Waals surface area contributed by atoms with Gasteiger partial charge in [-0.05, 0) is 55.9 Å². The molecule has 1 aliphatic rings. The number of hydrogen-bond donors (Lipinski definition) is 1. The third kappa shape index (κ3) is 5.21. The van der Waals surface area contributed by atoms with E-state index < -0.39 is 11.7 Å². The Kier molecular flexibility index (Phi) is 7.06. The van der Waals surface area contributed by atoms with Crippen LogP contribution in [0.25, 0.3) is 22.6 Å². The average molecular weight is 519 g/mol. The first-order valence-corrected chi connectivity index (χ1v) is 12.9. The van der Waals surface area contributed by atoms with E-state index in [9.17, 15) is 18.4 Å². The first kappa shape index (κ1) is 25.7. The van der Waals surface area contributed by atoms with Gasteiger partial charge in [-0.15, -0.1) is 0 Å². The summed E-state index contributed by atoms with van der Waals surface area (Å²) in [5, 5.41) is 13.3. The Labute approximate surface area is 219 Å². The van der Waals surface area contributed by atoms with E-state index in [0.717, 1.165) is 48.9 Å². The molecule has 2 aromatic carbocycles. The summed E-state index contributed by atoms with van der Waals surface area (Å²) in [5.74, 6) is 1.72. The Bertz CT molecular complexity index is 1480. The quantitative estimate of drug-likeness (QED) is 0.269. The van der Waals surface area contributed by atoms with Gasteiger partial charge in [0, 0.05) is 18.2 Å². The number of fused-ring (bicyclic) bond motifs is 1. The summed E-state index contributed by atoms with van der Waals surface area (Å²) in [4.78, 5) is 13.8.